The number of carbonyl (C=O) groups excluding carboxylic acids is 2. The van der Waals surface area contributed by atoms with E-state index in [9.17, 15) is 14.7 Å². The van der Waals surface area contributed by atoms with E-state index in [-0.39, 0.29) is 17.9 Å². The average molecular weight is 500 g/mol. The molecule has 37 heavy (non-hydrogen) atoms. The van der Waals surface area contributed by atoms with Crippen LogP contribution >= 0.6 is 0 Å². The van der Waals surface area contributed by atoms with Gasteiger partial charge in [0, 0.05) is 12.1 Å². The summed E-state index contributed by atoms with van der Waals surface area (Å²) in [6.07, 6.45) is 1.70. The van der Waals surface area contributed by atoms with Gasteiger partial charge in [-0.1, -0.05) is 24.3 Å². The number of nitrogens with zero attached hydrogens (tertiary/aromatic N) is 1. The number of benzene rings is 3. The van der Waals surface area contributed by atoms with E-state index in [1.807, 2.05) is 67.6 Å². The van der Waals surface area contributed by atoms with Gasteiger partial charge in [-0.05, 0) is 78.9 Å². The maximum atomic E-state index is 13.4. The molecule has 3 aromatic rings. The number of rotatable bonds is 7. The summed E-state index contributed by atoms with van der Waals surface area (Å²) in [5.41, 5.74) is 3.03. The number of amides is 1. The van der Waals surface area contributed by atoms with Crippen LogP contribution in [0, 0.1) is 0 Å². The number of ether oxygens (including phenoxy) is 3. The number of ketones is 1. The van der Waals surface area contributed by atoms with Crippen LogP contribution in [-0.4, -0.2) is 42.0 Å². The first-order valence-corrected chi connectivity index (χ1v) is 12.4. The summed E-state index contributed by atoms with van der Waals surface area (Å²) in [4.78, 5) is 28.3. The largest absolute Gasteiger partial charge is 0.507 e. The second-order valence-electron chi connectivity index (χ2n) is 9.06. The monoisotopic (exact) mass is 499 g/mol. The van der Waals surface area contributed by atoms with Crippen LogP contribution in [-0.2, 0) is 22.6 Å². The van der Waals surface area contributed by atoms with Gasteiger partial charge in [0.15, 0.2) is 0 Å². The maximum Gasteiger partial charge on any atom is 0.295 e. The summed E-state index contributed by atoms with van der Waals surface area (Å²) in [5, 5.41) is 11.5. The third-order valence-electron chi connectivity index (χ3n) is 6.72. The Hall–Kier alpha value is -4.26. The number of aliphatic hydroxyl groups excluding tert-OH is 1. The first kappa shape index (κ1) is 24.4. The molecule has 1 amide bonds. The van der Waals surface area contributed by atoms with Gasteiger partial charge in [-0.3, -0.25) is 9.59 Å². The van der Waals surface area contributed by atoms with Crippen molar-refractivity contribution in [1.29, 1.82) is 0 Å². The molecule has 190 valence electrons. The van der Waals surface area contributed by atoms with E-state index in [0.29, 0.717) is 35.8 Å². The van der Waals surface area contributed by atoms with Crippen LogP contribution in [0.25, 0.3) is 5.76 Å². The molecule has 1 saturated heterocycles. The highest BCUT2D eigenvalue weighted by Crippen LogP contribution is 2.42. The van der Waals surface area contributed by atoms with Crippen LogP contribution in [0.1, 0.15) is 41.6 Å². The van der Waals surface area contributed by atoms with Crippen LogP contribution in [0.3, 0.4) is 0 Å². The SMILES string of the molecule is CCOc1cccc(C2/C(=C(/O)c3ccc4c(c3)CCCO4)C(=O)C(=O)N2Cc2ccc(OC)cc2)c1. The predicted octanol–water partition coefficient (Wildman–Crippen LogP) is 5.04. The van der Waals surface area contributed by atoms with Crippen molar-refractivity contribution in [3.05, 3.63) is 94.6 Å². The highest BCUT2D eigenvalue weighted by molar-refractivity contribution is 6.46. The summed E-state index contributed by atoms with van der Waals surface area (Å²) in [7, 11) is 1.59. The van der Waals surface area contributed by atoms with Crippen molar-refractivity contribution in [3.63, 3.8) is 0 Å². The minimum atomic E-state index is -0.783. The van der Waals surface area contributed by atoms with Gasteiger partial charge in [0.05, 0.1) is 31.9 Å². The topological polar surface area (TPSA) is 85.3 Å². The van der Waals surface area contributed by atoms with Gasteiger partial charge in [-0.25, -0.2) is 0 Å². The summed E-state index contributed by atoms with van der Waals surface area (Å²) < 4.78 is 16.6. The van der Waals surface area contributed by atoms with Gasteiger partial charge in [0.1, 0.15) is 23.0 Å². The number of aliphatic hydroxyl groups is 1. The number of carbonyl (C=O) groups is 2. The predicted molar refractivity (Wildman–Crippen MR) is 139 cm³/mol. The van der Waals surface area contributed by atoms with E-state index in [1.165, 1.54) is 4.90 Å². The molecule has 1 unspecified atom stereocenters. The van der Waals surface area contributed by atoms with Gasteiger partial charge in [0.25, 0.3) is 11.7 Å². The average Bonchev–Trinajstić information content (AvgIpc) is 3.18. The highest BCUT2D eigenvalue weighted by Gasteiger charge is 2.46. The molecule has 0 aliphatic carbocycles. The lowest BCUT2D eigenvalue weighted by Crippen LogP contribution is -2.29. The molecule has 7 nitrogen and oxygen atoms in total. The lowest BCUT2D eigenvalue weighted by molar-refractivity contribution is -0.140. The van der Waals surface area contributed by atoms with E-state index in [0.717, 1.165) is 29.7 Å². The number of Topliss-reactive ketones (excluding diaryl/α,β-unsaturated/α-hetero) is 1. The Labute approximate surface area is 215 Å². The molecule has 2 aliphatic rings. The molecule has 0 radical (unpaired) electrons. The molecule has 1 N–H and O–H groups in total. The maximum absolute atomic E-state index is 13.4. The first-order chi connectivity index (χ1) is 18.0. The van der Waals surface area contributed by atoms with E-state index >= 15 is 0 Å². The molecular weight excluding hydrogens is 470 g/mol. The second kappa shape index (κ2) is 10.4. The molecule has 7 heteroatoms. The Morgan fingerprint density at radius 3 is 2.62 bits per heavy atom. The Kier molecular flexibility index (Phi) is 6.86. The molecule has 1 fully saturated rings. The fraction of sp³-hybridized carbons (Fsp3) is 0.267. The zero-order valence-electron chi connectivity index (χ0n) is 20.9. The fourth-order valence-corrected chi connectivity index (χ4v) is 4.92. The van der Waals surface area contributed by atoms with Gasteiger partial charge < -0.3 is 24.2 Å². The van der Waals surface area contributed by atoms with Crippen LogP contribution in [0.15, 0.2) is 72.3 Å². The summed E-state index contributed by atoms with van der Waals surface area (Å²) in [6, 6.07) is 19.2. The minimum absolute atomic E-state index is 0.0591. The van der Waals surface area contributed by atoms with Crippen molar-refractivity contribution < 1.29 is 28.9 Å². The Bertz CT molecular complexity index is 1360. The zero-order valence-corrected chi connectivity index (χ0v) is 20.9. The van der Waals surface area contributed by atoms with Gasteiger partial charge in [0.2, 0.25) is 0 Å². The van der Waals surface area contributed by atoms with Crippen molar-refractivity contribution in [2.24, 2.45) is 0 Å². The summed E-state index contributed by atoms with van der Waals surface area (Å²) >= 11 is 0. The van der Waals surface area contributed by atoms with Gasteiger partial charge in [-0.2, -0.15) is 0 Å². The Balaban J connectivity index is 1.61. The molecule has 0 bridgehead atoms. The summed E-state index contributed by atoms with van der Waals surface area (Å²) in [5.74, 6) is 0.529. The molecule has 3 aromatic carbocycles. The number of methoxy groups -OCH3 is 1. The van der Waals surface area contributed by atoms with Crippen molar-refractivity contribution in [3.8, 4) is 17.2 Å². The van der Waals surface area contributed by atoms with Crippen molar-refractivity contribution in [1.82, 2.24) is 4.90 Å². The van der Waals surface area contributed by atoms with Crippen LogP contribution in [0.5, 0.6) is 17.2 Å². The highest BCUT2D eigenvalue weighted by atomic mass is 16.5. The number of likely N-dealkylation sites (tertiary alicyclic amines) is 1. The van der Waals surface area contributed by atoms with Gasteiger partial charge in [-0.15, -0.1) is 0 Å². The zero-order chi connectivity index (χ0) is 25.9. The lowest BCUT2D eigenvalue weighted by atomic mass is 9.93. The quantitative estimate of drug-likeness (QED) is 0.279. The van der Waals surface area contributed by atoms with Crippen LogP contribution < -0.4 is 14.2 Å². The summed E-state index contributed by atoms with van der Waals surface area (Å²) in [6.45, 7) is 3.22. The smallest absolute Gasteiger partial charge is 0.295 e. The molecule has 0 aromatic heterocycles. The van der Waals surface area contributed by atoms with Crippen LogP contribution in [0.4, 0.5) is 0 Å². The molecule has 5 rings (SSSR count). The molecule has 2 heterocycles. The van der Waals surface area contributed by atoms with E-state index < -0.39 is 17.7 Å². The second-order valence-corrected chi connectivity index (χ2v) is 9.06. The third kappa shape index (κ3) is 4.77. The minimum Gasteiger partial charge on any atom is -0.507 e. The van der Waals surface area contributed by atoms with Crippen molar-refractivity contribution >= 4 is 17.4 Å². The molecule has 0 spiro atoms. The molecule has 0 saturated carbocycles. The van der Waals surface area contributed by atoms with Crippen molar-refractivity contribution in [2.75, 3.05) is 20.3 Å². The Morgan fingerprint density at radius 1 is 1.05 bits per heavy atom. The van der Waals surface area contributed by atoms with Crippen molar-refractivity contribution in [2.45, 2.75) is 32.4 Å². The molecule has 1 atom stereocenters. The van der Waals surface area contributed by atoms with Crippen LogP contribution in [0.2, 0.25) is 0 Å². The molecule has 2 aliphatic heterocycles. The number of hydrogen-bond donors (Lipinski definition) is 1. The van der Waals surface area contributed by atoms with Gasteiger partial charge >= 0.3 is 0 Å². The lowest BCUT2D eigenvalue weighted by Gasteiger charge is -2.26. The standard InChI is InChI=1S/C30H29NO6/c1-3-36-24-8-4-6-21(17-24)27-26(28(32)22-11-14-25-20(16-22)7-5-15-37-25)29(33)30(34)31(27)18-19-9-12-23(35-2)13-10-19/h4,6,8-14,16-17,27,32H,3,5,7,15,18H2,1-2H3/b28-26-. The Morgan fingerprint density at radius 2 is 1.86 bits per heavy atom. The molecular formula is C30H29NO6. The van der Waals surface area contributed by atoms with E-state index in [2.05, 4.69) is 0 Å². The van der Waals surface area contributed by atoms with E-state index in [1.54, 1.807) is 13.2 Å². The normalized spacial score (nSPS) is 18.3. The third-order valence-corrected chi connectivity index (χ3v) is 6.72. The van der Waals surface area contributed by atoms with E-state index in [4.69, 9.17) is 14.2 Å². The number of aryl methyl sites for hydroxylation is 1. The first-order valence-electron chi connectivity index (χ1n) is 12.4. The number of hydrogen-bond acceptors (Lipinski definition) is 6. The fourth-order valence-electron chi connectivity index (χ4n) is 4.92. The number of fused-ring (bicyclic) bond motifs is 1.